The summed E-state index contributed by atoms with van der Waals surface area (Å²) in [6, 6.07) is 2.61. The fourth-order valence-electron chi connectivity index (χ4n) is 1.60. The molecule has 0 aliphatic carbocycles. The third-order valence-corrected chi connectivity index (χ3v) is 2.70. The SMILES string of the molecule is COC(=O)[C@H](C=Cc1c(O)ccc(C(C)=O)c1O)OC. The van der Waals surface area contributed by atoms with Gasteiger partial charge < -0.3 is 19.7 Å². The standard InChI is InChI=1S/C14H16O6/c1-8(15)9-4-6-11(16)10(13(9)17)5-7-12(19-2)14(18)20-3/h4-7,12,16-17H,1-3H3/t12-/m0/s1. The maximum absolute atomic E-state index is 11.3. The first-order chi connectivity index (χ1) is 9.42. The maximum Gasteiger partial charge on any atom is 0.339 e. The first-order valence-electron chi connectivity index (χ1n) is 5.77. The van der Waals surface area contributed by atoms with Crippen molar-refractivity contribution in [3.05, 3.63) is 29.3 Å². The van der Waals surface area contributed by atoms with Crippen LogP contribution in [0.1, 0.15) is 22.8 Å². The van der Waals surface area contributed by atoms with Crippen molar-refractivity contribution >= 4 is 17.8 Å². The number of hydrogen-bond donors (Lipinski definition) is 2. The number of aromatic hydroxyl groups is 2. The highest BCUT2D eigenvalue weighted by Crippen LogP contribution is 2.32. The third kappa shape index (κ3) is 3.36. The molecule has 0 saturated heterocycles. The topological polar surface area (TPSA) is 93.1 Å². The minimum Gasteiger partial charge on any atom is -0.507 e. The Kier molecular flexibility index (Phi) is 5.28. The Hall–Kier alpha value is -2.34. The van der Waals surface area contributed by atoms with Crippen molar-refractivity contribution in [1.82, 2.24) is 0 Å². The zero-order valence-corrected chi connectivity index (χ0v) is 11.4. The molecule has 20 heavy (non-hydrogen) atoms. The van der Waals surface area contributed by atoms with Gasteiger partial charge in [0.05, 0.1) is 18.2 Å². The number of esters is 1. The molecule has 0 heterocycles. The summed E-state index contributed by atoms with van der Waals surface area (Å²) in [7, 11) is 2.53. The highest BCUT2D eigenvalue weighted by molar-refractivity contribution is 5.98. The summed E-state index contributed by atoms with van der Waals surface area (Å²) in [6.07, 6.45) is 1.63. The van der Waals surface area contributed by atoms with Crippen LogP contribution in [-0.2, 0) is 14.3 Å². The van der Waals surface area contributed by atoms with E-state index in [1.54, 1.807) is 0 Å². The number of ketones is 1. The lowest BCUT2D eigenvalue weighted by atomic mass is 10.0. The summed E-state index contributed by atoms with van der Waals surface area (Å²) in [5.74, 6) is -1.53. The Morgan fingerprint density at radius 1 is 1.25 bits per heavy atom. The van der Waals surface area contributed by atoms with E-state index in [0.717, 1.165) is 0 Å². The molecule has 1 atom stereocenters. The molecule has 0 unspecified atom stereocenters. The fourth-order valence-corrected chi connectivity index (χ4v) is 1.60. The predicted molar refractivity (Wildman–Crippen MR) is 71.6 cm³/mol. The van der Waals surface area contributed by atoms with Crippen LogP contribution < -0.4 is 0 Å². The van der Waals surface area contributed by atoms with E-state index in [4.69, 9.17) is 4.74 Å². The van der Waals surface area contributed by atoms with Gasteiger partial charge in [-0.1, -0.05) is 0 Å². The van der Waals surface area contributed by atoms with E-state index in [1.165, 1.54) is 45.4 Å². The second kappa shape index (κ2) is 6.72. The molecule has 0 aliphatic heterocycles. The lowest BCUT2D eigenvalue weighted by Gasteiger charge is -2.09. The van der Waals surface area contributed by atoms with Crippen molar-refractivity contribution < 1.29 is 29.3 Å². The van der Waals surface area contributed by atoms with Crippen LogP contribution in [0.15, 0.2) is 18.2 Å². The summed E-state index contributed by atoms with van der Waals surface area (Å²) in [4.78, 5) is 22.6. The molecular weight excluding hydrogens is 264 g/mol. The number of ether oxygens (including phenoxy) is 2. The number of Topliss-reactive ketones (excluding diaryl/α,β-unsaturated/α-hetero) is 1. The van der Waals surface area contributed by atoms with Gasteiger partial charge in [0, 0.05) is 7.11 Å². The second-order valence-electron chi connectivity index (χ2n) is 3.99. The van der Waals surface area contributed by atoms with Gasteiger partial charge in [0.1, 0.15) is 11.5 Å². The van der Waals surface area contributed by atoms with Gasteiger partial charge in [-0.15, -0.1) is 0 Å². The van der Waals surface area contributed by atoms with Crippen LogP contribution in [0.5, 0.6) is 11.5 Å². The molecule has 0 aromatic heterocycles. The van der Waals surface area contributed by atoms with Crippen LogP contribution in [0.2, 0.25) is 0 Å². The normalized spacial score (nSPS) is 12.3. The zero-order chi connectivity index (χ0) is 15.3. The first kappa shape index (κ1) is 15.7. The summed E-state index contributed by atoms with van der Waals surface area (Å²) < 4.78 is 9.41. The number of hydrogen-bond acceptors (Lipinski definition) is 6. The van der Waals surface area contributed by atoms with Crippen molar-refractivity contribution in [3.63, 3.8) is 0 Å². The highest BCUT2D eigenvalue weighted by atomic mass is 16.6. The third-order valence-electron chi connectivity index (χ3n) is 2.70. The molecule has 6 heteroatoms. The summed E-state index contributed by atoms with van der Waals surface area (Å²) >= 11 is 0. The first-order valence-corrected chi connectivity index (χ1v) is 5.77. The Labute approximate surface area is 116 Å². The van der Waals surface area contributed by atoms with Crippen LogP contribution in [0.25, 0.3) is 6.08 Å². The molecule has 0 fully saturated rings. The van der Waals surface area contributed by atoms with Crippen molar-refractivity contribution in [2.45, 2.75) is 13.0 Å². The van der Waals surface area contributed by atoms with Crippen LogP contribution >= 0.6 is 0 Å². The van der Waals surface area contributed by atoms with Gasteiger partial charge in [-0.25, -0.2) is 4.79 Å². The number of benzene rings is 1. The summed E-state index contributed by atoms with van der Waals surface area (Å²) in [5.41, 5.74) is 0.109. The number of phenols is 2. The van der Waals surface area contributed by atoms with E-state index in [0.29, 0.717) is 0 Å². The number of methoxy groups -OCH3 is 2. The number of phenolic OH excluding ortho intramolecular Hbond substituents is 2. The fraction of sp³-hybridized carbons (Fsp3) is 0.286. The molecule has 0 amide bonds. The molecule has 0 saturated carbocycles. The summed E-state index contributed by atoms with van der Waals surface area (Å²) in [5, 5.41) is 19.6. The largest absolute Gasteiger partial charge is 0.507 e. The van der Waals surface area contributed by atoms with E-state index in [2.05, 4.69) is 4.74 Å². The molecule has 108 valence electrons. The van der Waals surface area contributed by atoms with Gasteiger partial charge in [0.2, 0.25) is 0 Å². The predicted octanol–water partition coefficient (Wildman–Crippen LogP) is 1.50. The molecule has 2 N–H and O–H groups in total. The Balaban J connectivity index is 3.17. The minimum absolute atomic E-state index is 0.0312. The van der Waals surface area contributed by atoms with Crippen LogP contribution in [0, 0.1) is 0 Å². The number of carbonyl (C=O) groups is 2. The molecule has 1 aromatic rings. The van der Waals surface area contributed by atoms with Crippen molar-refractivity contribution in [2.24, 2.45) is 0 Å². The van der Waals surface area contributed by atoms with E-state index >= 15 is 0 Å². The van der Waals surface area contributed by atoms with Crippen molar-refractivity contribution in [3.8, 4) is 11.5 Å². The zero-order valence-electron chi connectivity index (χ0n) is 11.4. The Morgan fingerprint density at radius 2 is 1.90 bits per heavy atom. The molecule has 0 bridgehead atoms. The van der Waals surface area contributed by atoms with Crippen LogP contribution in [-0.4, -0.2) is 42.3 Å². The molecular formula is C14H16O6. The quantitative estimate of drug-likeness (QED) is 0.627. The van der Waals surface area contributed by atoms with Crippen LogP contribution in [0.3, 0.4) is 0 Å². The maximum atomic E-state index is 11.3. The van der Waals surface area contributed by atoms with Gasteiger partial charge in [0.15, 0.2) is 11.9 Å². The highest BCUT2D eigenvalue weighted by Gasteiger charge is 2.17. The van der Waals surface area contributed by atoms with Gasteiger partial charge >= 0.3 is 5.97 Å². The van der Waals surface area contributed by atoms with Crippen LogP contribution in [0.4, 0.5) is 0 Å². The van der Waals surface area contributed by atoms with Gasteiger partial charge in [-0.05, 0) is 31.2 Å². The monoisotopic (exact) mass is 280 g/mol. The Bertz CT molecular complexity index is 547. The minimum atomic E-state index is -0.972. The van der Waals surface area contributed by atoms with E-state index in [1.807, 2.05) is 0 Å². The Morgan fingerprint density at radius 3 is 2.40 bits per heavy atom. The van der Waals surface area contributed by atoms with E-state index in [-0.39, 0.29) is 28.4 Å². The molecule has 0 spiro atoms. The molecule has 1 aromatic carbocycles. The smallest absolute Gasteiger partial charge is 0.339 e. The summed E-state index contributed by atoms with van der Waals surface area (Å²) in [6.45, 7) is 1.30. The van der Waals surface area contributed by atoms with Crippen molar-refractivity contribution in [2.75, 3.05) is 14.2 Å². The molecule has 0 aliphatic rings. The van der Waals surface area contributed by atoms with Gasteiger partial charge in [-0.2, -0.15) is 0 Å². The average Bonchev–Trinajstić information content (AvgIpc) is 2.41. The number of rotatable bonds is 5. The van der Waals surface area contributed by atoms with E-state index in [9.17, 15) is 19.8 Å². The molecule has 1 rings (SSSR count). The van der Waals surface area contributed by atoms with Gasteiger partial charge in [-0.3, -0.25) is 4.79 Å². The lowest BCUT2D eigenvalue weighted by molar-refractivity contribution is -0.149. The van der Waals surface area contributed by atoms with Crippen molar-refractivity contribution in [1.29, 1.82) is 0 Å². The van der Waals surface area contributed by atoms with Gasteiger partial charge in [0.25, 0.3) is 0 Å². The molecule has 6 nitrogen and oxygen atoms in total. The van der Waals surface area contributed by atoms with E-state index < -0.39 is 12.1 Å². The number of carbonyl (C=O) groups excluding carboxylic acids is 2. The second-order valence-corrected chi connectivity index (χ2v) is 3.99. The average molecular weight is 280 g/mol. The molecule has 0 radical (unpaired) electrons. The lowest BCUT2D eigenvalue weighted by Crippen LogP contribution is -2.21.